The van der Waals surface area contributed by atoms with Crippen molar-refractivity contribution in [3.63, 3.8) is 0 Å². The molecule has 0 saturated carbocycles. The lowest BCUT2D eigenvalue weighted by atomic mass is 9.86. The highest BCUT2D eigenvalue weighted by Crippen LogP contribution is 2.26. The maximum atomic E-state index is 12.7. The van der Waals surface area contributed by atoms with E-state index in [-0.39, 0.29) is 24.4 Å². The minimum absolute atomic E-state index is 0.0865. The third kappa shape index (κ3) is 10.3. The van der Waals surface area contributed by atoms with Gasteiger partial charge in [0.2, 0.25) is 5.91 Å². The molecule has 0 spiro atoms. The van der Waals surface area contributed by atoms with Crippen LogP contribution in [-0.2, 0) is 9.59 Å². The molecule has 7 heteroatoms. The first-order valence-electron chi connectivity index (χ1n) is 11.2. The third-order valence-corrected chi connectivity index (χ3v) is 5.91. The molecule has 3 unspecified atom stereocenters. The van der Waals surface area contributed by atoms with E-state index in [2.05, 4.69) is 17.6 Å². The van der Waals surface area contributed by atoms with Crippen LogP contribution in [0.25, 0.3) is 0 Å². The Morgan fingerprint density at radius 3 is 2.32 bits per heavy atom. The molecule has 5 N–H and O–H groups in total. The van der Waals surface area contributed by atoms with Crippen molar-refractivity contribution in [2.24, 2.45) is 5.41 Å². The minimum Gasteiger partial charge on any atom is -0.481 e. The van der Waals surface area contributed by atoms with Gasteiger partial charge < -0.3 is 26.0 Å². The molecule has 0 aliphatic heterocycles. The van der Waals surface area contributed by atoms with Crippen LogP contribution >= 0.6 is 0 Å². The van der Waals surface area contributed by atoms with Gasteiger partial charge in [0.25, 0.3) is 0 Å². The monoisotopic (exact) mass is 436 g/mol. The summed E-state index contributed by atoms with van der Waals surface area (Å²) in [7, 11) is 0. The molecule has 0 saturated heterocycles. The highest BCUT2D eigenvalue weighted by Gasteiger charge is 2.27. The lowest BCUT2D eigenvalue weighted by Crippen LogP contribution is -2.51. The maximum absolute atomic E-state index is 12.7. The highest BCUT2D eigenvalue weighted by molar-refractivity contribution is 5.86. The summed E-state index contributed by atoms with van der Waals surface area (Å²) in [6.07, 6.45) is 1.63. The second kappa shape index (κ2) is 13.5. The Balaban J connectivity index is 2.65. The molecule has 0 radical (unpaired) electrons. The predicted octanol–water partition coefficient (Wildman–Crippen LogP) is 2.67. The fourth-order valence-corrected chi connectivity index (χ4v) is 3.63. The molecule has 176 valence electrons. The van der Waals surface area contributed by atoms with E-state index in [9.17, 15) is 19.8 Å². The quantitative estimate of drug-likeness (QED) is 0.288. The first kappa shape index (κ1) is 27.1. The molecule has 1 aromatic rings. The van der Waals surface area contributed by atoms with Crippen LogP contribution in [0, 0.1) is 5.41 Å². The first-order chi connectivity index (χ1) is 14.6. The fraction of sp³-hybridized carbons (Fsp3) is 0.667. The number of nitrogens with one attached hydrogen (secondary N) is 2. The van der Waals surface area contributed by atoms with Crippen molar-refractivity contribution in [2.75, 3.05) is 13.2 Å². The number of hydrogen-bond donors (Lipinski definition) is 5. The maximum Gasteiger partial charge on any atom is 0.305 e. The minimum atomic E-state index is -1.06. The van der Waals surface area contributed by atoms with Gasteiger partial charge in [0.15, 0.2) is 0 Å². The summed E-state index contributed by atoms with van der Waals surface area (Å²) in [5.74, 6) is -1.32. The van der Waals surface area contributed by atoms with Crippen molar-refractivity contribution in [3.05, 3.63) is 35.9 Å². The summed E-state index contributed by atoms with van der Waals surface area (Å²) in [6.45, 7) is 8.39. The number of aliphatic hydroxyl groups excluding tert-OH is 2. The van der Waals surface area contributed by atoms with Gasteiger partial charge in [-0.05, 0) is 56.0 Å². The number of amides is 1. The number of carboxylic acids is 1. The van der Waals surface area contributed by atoms with Crippen LogP contribution in [0.2, 0.25) is 0 Å². The second-order valence-electron chi connectivity index (χ2n) is 9.11. The Morgan fingerprint density at radius 1 is 1.13 bits per heavy atom. The SMILES string of the molecule is CCC(CC(O)C(C)NC(=O)[C@H](CC(=O)O)NCCC(C)(C)CCO)c1ccccc1. The summed E-state index contributed by atoms with van der Waals surface area (Å²) in [4.78, 5) is 23.9. The van der Waals surface area contributed by atoms with Crippen LogP contribution in [0.15, 0.2) is 30.3 Å². The molecule has 31 heavy (non-hydrogen) atoms. The van der Waals surface area contributed by atoms with E-state index in [0.717, 1.165) is 12.0 Å². The van der Waals surface area contributed by atoms with E-state index in [1.54, 1.807) is 6.92 Å². The number of benzene rings is 1. The van der Waals surface area contributed by atoms with Gasteiger partial charge in [-0.2, -0.15) is 0 Å². The molecule has 0 fully saturated rings. The van der Waals surface area contributed by atoms with Crippen LogP contribution in [0.4, 0.5) is 0 Å². The number of carboxylic acid groups (broad SMARTS) is 1. The number of aliphatic carboxylic acids is 1. The van der Waals surface area contributed by atoms with Crippen molar-refractivity contribution < 1.29 is 24.9 Å². The molecule has 7 nitrogen and oxygen atoms in total. The number of hydrogen-bond acceptors (Lipinski definition) is 5. The highest BCUT2D eigenvalue weighted by atomic mass is 16.4. The summed E-state index contributed by atoms with van der Waals surface area (Å²) in [5.41, 5.74) is 1.04. The second-order valence-corrected chi connectivity index (χ2v) is 9.11. The fourth-order valence-electron chi connectivity index (χ4n) is 3.63. The molecular formula is C24H40N2O5. The Kier molecular flexibility index (Phi) is 11.7. The normalized spacial score (nSPS) is 15.7. The van der Waals surface area contributed by atoms with Crippen molar-refractivity contribution in [3.8, 4) is 0 Å². The number of carbonyl (C=O) groups excluding carboxylic acids is 1. The van der Waals surface area contributed by atoms with Crippen LogP contribution in [0.3, 0.4) is 0 Å². The molecule has 1 amide bonds. The van der Waals surface area contributed by atoms with E-state index < -0.39 is 30.1 Å². The average Bonchev–Trinajstić information content (AvgIpc) is 2.71. The molecule has 1 rings (SSSR count). The van der Waals surface area contributed by atoms with Gasteiger partial charge >= 0.3 is 5.97 Å². The molecular weight excluding hydrogens is 396 g/mol. The molecule has 1 aromatic carbocycles. The summed E-state index contributed by atoms with van der Waals surface area (Å²) < 4.78 is 0. The average molecular weight is 437 g/mol. The number of aliphatic hydroxyl groups is 2. The number of carbonyl (C=O) groups is 2. The Hall–Kier alpha value is -1.96. The summed E-state index contributed by atoms with van der Waals surface area (Å²) in [5, 5.41) is 34.8. The molecule has 0 bridgehead atoms. The van der Waals surface area contributed by atoms with Gasteiger partial charge in [0.05, 0.1) is 24.6 Å². The zero-order valence-corrected chi connectivity index (χ0v) is 19.3. The van der Waals surface area contributed by atoms with Crippen molar-refractivity contribution in [1.29, 1.82) is 0 Å². The smallest absolute Gasteiger partial charge is 0.305 e. The van der Waals surface area contributed by atoms with Crippen molar-refractivity contribution in [1.82, 2.24) is 10.6 Å². The first-order valence-corrected chi connectivity index (χ1v) is 11.2. The summed E-state index contributed by atoms with van der Waals surface area (Å²) >= 11 is 0. The lowest BCUT2D eigenvalue weighted by Gasteiger charge is -2.28. The molecule has 4 atom stereocenters. The Bertz CT molecular complexity index is 665. The van der Waals surface area contributed by atoms with Gasteiger partial charge in [-0.3, -0.25) is 9.59 Å². The summed E-state index contributed by atoms with van der Waals surface area (Å²) in [6, 6.07) is 8.59. The number of rotatable bonds is 15. The van der Waals surface area contributed by atoms with Gasteiger partial charge in [0, 0.05) is 6.61 Å². The van der Waals surface area contributed by atoms with E-state index >= 15 is 0 Å². The molecule has 0 heterocycles. The van der Waals surface area contributed by atoms with Crippen LogP contribution in [0.1, 0.15) is 71.3 Å². The zero-order valence-electron chi connectivity index (χ0n) is 19.3. The lowest BCUT2D eigenvalue weighted by molar-refractivity contribution is -0.140. The van der Waals surface area contributed by atoms with Gasteiger partial charge in [0.1, 0.15) is 0 Å². The van der Waals surface area contributed by atoms with Crippen LogP contribution in [-0.4, -0.2) is 58.5 Å². The third-order valence-electron chi connectivity index (χ3n) is 5.91. The Labute approximate surface area is 186 Å². The molecule has 0 aliphatic carbocycles. The van der Waals surface area contributed by atoms with Crippen LogP contribution in [0.5, 0.6) is 0 Å². The van der Waals surface area contributed by atoms with E-state index in [4.69, 9.17) is 5.11 Å². The standard InChI is InChI=1S/C24H40N2O5/c1-5-18(19-9-7-6-8-10-19)15-21(28)17(2)26-23(31)20(16-22(29)30)25-13-11-24(3,4)12-14-27/h6-10,17-18,20-21,25,27-28H,5,11-16H2,1-4H3,(H,26,31)(H,29,30)/t17?,18?,20-,21?/m0/s1. The van der Waals surface area contributed by atoms with Gasteiger partial charge in [-0.25, -0.2) is 0 Å². The molecule has 0 aromatic heterocycles. The Morgan fingerprint density at radius 2 is 1.77 bits per heavy atom. The van der Waals surface area contributed by atoms with E-state index in [0.29, 0.717) is 25.8 Å². The van der Waals surface area contributed by atoms with Crippen molar-refractivity contribution in [2.45, 2.75) is 83.9 Å². The predicted molar refractivity (Wildman–Crippen MR) is 122 cm³/mol. The van der Waals surface area contributed by atoms with E-state index in [1.165, 1.54) is 0 Å². The zero-order chi connectivity index (χ0) is 23.4. The topological polar surface area (TPSA) is 119 Å². The molecule has 0 aliphatic rings. The van der Waals surface area contributed by atoms with Crippen molar-refractivity contribution >= 4 is 11.9 Å². The van der Waals surface area contributed by atoms with Gasteiger partial charge in [-0.15, -0.1) is 0 Å². The van der Waals surface area contributed by atoms with Gasteiger partial charge in [-0.1, -0.05) is 51.1 Å². The van der Waals surface area contributed by atoms with E-state index in [1.807, 2.05) is 44.2 Å². The van der Waals surface area contributed by atoms with Crippen LogP contribution < -0.4 is 10.6 Å². The largest absolute Gasteiger partial charge is 0.481 e.